The van der Waals surface area contributed by atoms with Gasteiger partial charge in [-0.15, -0.1) is 21.5 Å². The van der Waals surface area contributed by atoms with Gasteiger partial charge in [-0.25, -0.2) is 9.78 Å². The maximum Gasteiger partial charge on any atom is 0.358 e. The zero-order chi connectivity index (χ0) is 14.8. The summed E-state index contributed by atoms with van der Waals surface area (Å²) < 4.78 is 0. The van der Waals surface area contributed by atoms with E-state index in [2.05, 4.69) is 20.5 Å². The van der Waals surface area contributed by atoms with Gasteiger partial charge >= 0.3 is 5.97 Å². The minimum Gasteiger partial charge on any atom is -0.476 e. The van der Waals surface area contributed by atoms with Crippen LogP contribution in [-0.2, 0) is 6.54 Å². The van der Waals surface area contributed by atoms with E-state index in [0.29, 0.717) is 17.7 Å². The first-order chi connectivity index (χ1) is 10.1. The van der Waals surface area contributed by atoms with Crippen molar-refractivity contribution in [2.24, 2.45) is 0 Å². The number of benzene rings is 1. The van der Waals surface area contributed by atoms with E-state index in [4.69, 9.17) is 0 Å². The maximum absolute atomic E-state index is 11.3. The summed E-state index contributed by atoms with van der Waals surface area (Å²) in [5.41, 5.74) is 1.04. The van der Waals surface area contributed by atoms with Crippen LogP contribution in [0.4, 0.5) is 5.69 Å². The second-order valence-electron chi connectivity index (χ2n) is 4.46. The Morgan fingerprint density at radius 3 is 2.86 bits per heavy atom. The molecule has 0 saturated heterocycles. The zero-order valence-electron chi connectivity index (χ0n) is 11.2. The molecule has 106 valence electrons. The molecule has 3 aromatic rings. The standard InChI is InChI=1S/C14H12N4O2S/c1-8-6-15-11(21-8)7-16-12-9-4-2-3-5-10(9)17-18-13(12)14(19)20/h2-6H,7H2,1H3,(H,16,17)(H,19,20). The van der Waals surface area contributed by atoms with Crippen LogP contribution in [0.1, 0.15) is 20.4 Å². The number of rotatable bonds is 4. The quantitative estimate of drug-likeness (QED) is 0.770. The fourth-order valence-electron chi connectivity index (χ4n) is 2.03. The molecule has 2 N–H and O–H groups in total. The molecular formula is C14H12N4O2S. The van der Waals surface area contributed by atoms with Crippen molar-refractivity contribution in [1.82, 2.24) is 15.2 Å². The van der Waals surface area contributed by atoms with Crippen molar-refractivity contribution >= 4 is 33.9 Å². The third-order valence-corrected chi connectivity index (χ3v) is 3.87. The molecule has 0 spiro atoms. The number of fused-ring (bicyclic) bond motifs is 1. The van der Waals surface area contributed by atoms with Gasteiger partial charge in [-0.2, -0.15) is 0 Å². The van der Waals surface area contributed by atoms with Crippen LogP contribution in [0.15, 0.2) is 30.5 Å². The van der Waals surface area contributed by atoms with Gasteiger partial charge in [0.05, 0.1) is 17.7 Å². The van der Waals surface area contributed by atoms with Gasteiger partial charge < -0.3 is 10.4 Å². The number of aryl methyl sites for hydroxylation is 1. The SMILES string of the molecule is Cc1cnc(CNc2c(C(=O)O)nnc3ccccc23)s1. The Hall–Kier alpha value is -2.54. The summed E-state index contributed by atoms with van der Waals surface area (Å²) >= 11 is 1.57. The first-order valence-electron chi connectivity index (χ1n) is 6.29. The normalized spacial score (nSPS) is 10.7. The number of aromatic nitrogens is 3. The van der Waals surface area contributed by atoms with Crippen molar-refractivity contribution in [2.75, 3.05) is 5.32 Å². The molecule has 0 radical (unpaired) electrons. The van der Waals surface area contributed by atoms with E-state index in [9.17, 15) is 9.90 Å². The molecule has 0 aliphatic rings. The summed E-state index contributed by atoms with van der Waals surface area (Å²) in [7, 11) is 0. The van der Waals surface area contributed by atoms with Crippen LogP contribution in [-0.4, -0.2) is 26.3 Å². The van der Waals surface area contributed by atoms with Gasteiger partial charge in [0.15, 0.2) is 5.69 Å². The predicted molar refractivity (Wildman–Crippen MR) is 80.7 cm³/mol. The fraction of sp³-hybridized carbons (Fsp3) is 0.143. The van der Waals surface area contributed by atoms with Crippen molar-refractivity contribution in [3.8, 4) is 0 Å². The Bertz CT molecular complexity index is 816. The molecule has 3 rings (SSSR count). The van der Waals surface area contributed by atoms with Crippen LogP contribution >= 0.6 is 11.3 Å². The number of carbonyl (C=O) groups is 1. The molecule has 0 aliphatic heterocycles. The lowest BCUT2D eigenvalue weighted by Gasteiger charge is -2.10. The average Bonchev–Trinajstić information content (AvgIpc) is 2.90. The topological polar surface area (TPSA) is 88.0 Å². The molecule has 6 nitrogen and oxygen atoms in total. The summed E-state index contributed by atoms with van der Waals surface area (Å²) in [4.78, 5) is 16.7. The van der Waals surface area contributed by atoms with Gasteiger partial charge in [-0.1, -0.05) is 18.2 Å². The van der Waals surface area contributed by atoms with E-state index < -0.39 is 5.97 Å². The van der Waals surface area contributed by atoms with Crippen molar-refractivity contribution in [2.45, 2.75) is 13.5 Å². The van der Waals surface area contributed by atoms with Crippen molar-refractivity contribution in [1.29, 1.82) is 0 Å². The number of hydrogen-bond acceptors (Lipinski definition) is 6. The Kier molecular flexibility index (Phi) is 3.49. The number of nitrogens with one attached hydrogen (secondary N) is 1. The summed E-state index contributed by atoms with van der Waals surface area (Å²) in [6, 6.07) is 7.30. The average molecular weight is 300 g/mol. The number of nitrogens with zero attached hydrogens (tertiary/aromatic N) is 3. The third kappa shape index (κ3) is 2.68. The van der Waals surface area contributed by atoms with Crippen molar-refractivity contribution < 1.29 is 9.90 Å². The molecule has 0 atom stereocenters. The van der Waals surface area contributed by atoms with Gasteiger partial charge in [-0.3, -0.25) is 0 Å². The molecule has 1 aromatic carbocycles. The highest BCUT2D eigenvalue weighted by Gasteiger charge is 2.16. The lowest BCUT2D eigenvalue weighted by Crippen LogP contribution is -2.10. The maximum atomic E-state index is 11.3. The van der Waals surface area contributed by atoms with Crippen LogP contribution in [0, 0.1) is 6.92 Å². The van der Waals surface area contributed by atoms with Gasteiger partial charge in [0.25, 0.3) is 0 Å². The van der Waals surface area contributed by atoms with Crippen molar-refractivity contribution in [3.05, 3.63) is 46.0 Å². The Balaban J connectivity index is 2.01. The van der Waals surface area contributed by atoms with Crippen LogP contribution < -0.4 is 5.32 Å². The second-order valence-corrected chi connectivity index (χ2v) is 5.78. The molecule has 0 saturated carbocycles. The number of carboxylic acids is 1. The molecule has 0 bridgehead atoms. The van der Waals surface area contributed by atoms with E-state index in [-0.39, 0.29) is 5.69 Å². The molecule has 0 unspecified atom stereocenters. The highest BCUT2D eigenvalue weighted by molar-refractivity contribution is 7.11. The molecule has 0 amide bonds. The number of carboxylic acid groups (broad SMARTS) is 1. The van der Waals surface area contributed by atoms with Gasteiger partial charge in [0.1, 0.15) is 5.01 Å². The zero-order valence-corrected chi connectivity index (χ0v) is 12.0. The Morgan fingerprint density at radius 1 is 1.33 bits per heavy atom. The van der Waals surface area contributed by atoms with E-state index in [1.54, 1.807) is 23.6 Å². The number of anilines is 1. The third-order valence-electron chi connectivity index (χ3n) is 2.96. The molecule has 2 aromatic heterocycles. The van der Waals surface area contributed by atoms with Gasteiger partial charge in [0.2, 0.25) is 0 Å². The number of aromatic carboxylic acids is 1. The summed E-state index contributed by atoms with van der Waals surface area (Å²) in [6.07, 6.45) is 1.79. The predicted octanol–water partition coefficient (Wildman–Crippen LogP) is 2.71. The lowest BCUT2D eigenvalue weighted by atomic mass is 10.1. The highest BCUT2D eigenvalue weighted by atomic mass is 32.1. The first kappa shape index (κ1) is 13.4. The summed E-state index contributed by atoms with van der Waals surface area (Å²) in [6.45, 7) is 2.43. The molecule has 2 heterocycles. The molecular weight excluding hydrogens is 288 g/mol. The first-order valence-corrected chi connectivity index (χ1v) is 7.10. The van der Waals surface area contributed by atoms with Crippen LogP contribution in [0.25, 0.3) is 10.9 Å². The smallest absolute Gasteiger partial charge is 0.358 e. The lowest BCUT2D eigenvalue weighted by molar-refractivity contribution is 0.0690. The minimum atomic E-state index is -1.11. The fourth-order valence-corrected chi connectivity index (χ4v) is 2.76. The minimum absolute atomic E-state index is 0.0815. The van der Waals surface area contributed by atoms with Gasteiger partial charge in [0, 0.05) is 16.5 Å². The van der Waals surface area contributed by atoms with Gasteiger partial charge in [-0.05, 0) is 13.0 Å². The molecule has 21 heavy (non-hydrogen) atoms. The van der Waals surface area contributed by atoms with E-state index in [1.165, 1.54) is 0 Å². The van der Waals surface area contributed by atoms with E-state index in [0.717, 1.165) is 15.3 Å². The Morgan fingerprint density at radius 2 is 2.14 bits per heavy atom. The largest absolute Gasteiger partial charge is 0.476 e. The second kappa shape index (κ2) is 5.45. The van der Waals surface area contributed by atoms with Crippen LogP contribution in [0.3, 0.4) is 0 Å². The Labute approximate surface area is 124 Å². The summed E-state index contributed by atoms with van der Waals surface area (Å²) in [5, 5.41) is 21.8. The molecule has 0 aliphatic carbocycles. The van der Waals surface area contributed by atoms with Crippen molar-refractivity contribution in [3.63, 3.8) is 0 Å². The molecule has 7 heteroatoms. The highest BCUT2D eigenvalue weighted by Crippen LogP contribution is 2.25. The monoisotopic (exact) mass is 300 g/mol. The number of hydrogen-bond donors (Lipinski definition) is 2. The van der Waals surface area contributed by atoms with E-state index in [1.807, 2.05) is 25.1 Å². The molecule has 0 fully saturated rings. The van der Waals surface area contributed by atoms with E-state index >= 15 is 0 Å². The van der Waals surface area contributed by atoms with Crippen LogP contribution in [0.5, 0.6) is 0 Å². The summed E-state index contributed by atoms with van der Waals surface area (Å²) in [5.74, 6) is -1.11. The van der Waals surface area contributed by atoms with Crippen LogP contribution in [0.2, 0.25) is 0 Å². The number of thiazole rings is 1.